The van der Waals surface area contributed by atoms with Gasteiger partial charge in [-0.1, -0.05) is 12.1 Å². The molecule has 0 radical (unpaired) electrons. The third-order valence-electron chi connectivity index (χ3n) is 6.29. The number of anilines is 1. The molecule has 5 rings (SSSR count). The lowest BCUT2D eigenvalue weighted by molar-refractivity contribution is -0.132. The number of hydrogen-bond acceptors (Lipinski definition) is 3. The highest BCUT2D eigenvalue weighted by atomic mass is 19.1. The summed E-state index contributed by atoms with van der Waals surface area (Å²) < 4.78 is 21.1. The molecule has 6 heteroatoms. The van der Waals surface area contributed by atoms with Crippen LogP contribution in [0.2, 0.25) is 0 Å². The van der Waals surface area contributed by atoms with Gasteiger partial charge in [0.25, 0.3) is 0 Å². The van der Waals surface area contributed by atoms with Gasteiger partial charge in [-0.05, 0) is 54.8 Å². The largest absolute Gasteiger partial charge is 0.497 e. The molecule has 2 aromatic carbocycles. The number of piperidine rings is 1. The number of amides is 1. The molecule has 0 bridgehead atoms. The van der Waals surface area contributed by atoms with E-state index in [1.807, 2.05) is 17.0 Å². The monoisotopic (exact) mass is 405 g/mol. The molecule has 2 aliphatic rings. The van der Waals surface area contributed by atoms with Crippen molar-refractivity contribution in [2.75, 3.05) is 25.5 Å². The molecule has 154 valence electrons. The first-order valence-electron chi connectivity index (χ1n) is 10.2. The number of carbonyl (C=O) groups is 1. The summed E-state index contributed by atoms with van der Waals surface area (Å²) in [5.74, 6) is 0.553. The molecule has 1 amide bonds. The van der Waals surface area contributed by atoms with Gasteiger partial charge < -0.3 is 19.5 Å². The van der Waals surface area contributed by atoms with Gasteiger partial charge in [0.05, 0.1) is 30.4 Å². The Hall–Kier alpha value is -3.28. The summed E-state index contributed by atoms with van der Waals surface area (Å²) in [6.45, 7) is 1.32. The fraction of sp³-hybridized carbons (Fsp3) is 0.292. The molecule has 1 aromatic heterocycles. The number of ether oxygens (including phenoxy) is 1. The number of likely N-dealkylation sites (tertiary alicyclic amines) is 1. The normalized spacial score (nSPS) is 16.5. The summed E-state index contributed by atoms with van der Waals surface area (Å²) in [5.41, 5.74) is 3.85. The van der Waals surface area contributed by atoms with Crippen molar-refractivity contribution in [1.82, 2.24) is 9.47 Å². The van der Waals surface area contributed by atoms with Gasteiger partial charge in [-0.3, -0.25) is 4.79 Å². The van der Waals surface area contributed by atoms with Gasteiger partial charge in [0.15, 0.2) is 0 Å². The maximum absolute atomic E-state index is 13.4. The Morgan fingerprint density at radius 3 is 2.73 bits per heavy atom. The lowest BCUT2D eigenvalue weighted by Crippen LogP contribution is -2.51. The first-order valence-corrected chi connectivity index (χ1v) is 10.2. The number of carbonyl (C=O) groups excluding carboxylic acids is 1. The summed E-state index contributed by atoms with van der Waals surface area (Å²) in [4.78, 5) is 14.7. The van der Waals surface area contributed by atoms with Crippen LogP contribution in [0.25, 0.3) is 5.69 Å². The number of fused-ring (bicyclic) bond motifs is 4. The number of nitrogens with zero attached hydrogens (tertiary/aromatic N) is 2. The number of hydrogen-bond donors (Lipinski definition) is 1. The van der Waals surface area contributed by atoms with E-state index in [0.29, 0.717) is 18.7 Å². The van der Waals surface area contributed by atoms with Crippen molar-refractivity contribution in [2.24, 2.45) is 0 Å². The zero-order valence-electron chi connectivity index (χ0n) is 16.9. The van der Waals surface area contributed by atoms with Gasteiger partial charge in [0.2, 0.25) is 5.91 Å². The minimum absolute atomic E-state index is 0.0451. The van der Waals surface area contributed by atoms with Crippen LogP contribution >= 0.6 is 0 Å². The fourth-order valence-electron chi connectivity index (χ4n) is 4.71. The molecular formula is C24H24FN3O2. The second-order valence-electron chi connectivity index (χ2n) is 8.04. The van der Waals surface area contributed by atoms with Gasteiger partial charge >= 0.3 is 0 Å². The zero-order chi connectivity index (χ0) is 20.7. The first-order chi connectivity index (χ1) is 14.6. The van der Waals surface area contributed by atoms with Gasteiger partial charge in [0.1, 0.15) is 11.6 Å². The molecule has 0 aliphatic carbocycles. The molecular weight excluding hydrogens is 381 g/mol. The quantitative estimate of drug-likeness (QED) is 0.713. The Balaban J connectivity index is 1.36. The Morgan fingerprint density at radius 2 is 1.97 bits per heavy atom. The Labute approximate surface area is 175 Å². The predicted octanol–water partition coefficient (Wildman–Crippen LogP) is 4.11. The highest BCUT2D eigenvalue weighted by Gasteiger charge is 2.42. The van der Waals surface area contributed by atoms with Crippen molar-refractivity contribution >= 4 is 11.6 Å². The number of aromatic nitrogens is 1. The molecule has 5 nitrogen and oxygen atoms in total. The van der Waals surface area contributed by atoms with E-state index in [4.69, 9.17) is 4.74 Å². The van der Waals surface area contributed by atoms with Crippen molar-refractivity contribution in [3.8, 4) is 11.4 Å². The molecule has 0 atom stereocenters. The SMILES string of the molecule is COc1ccc2c(c1)NC1(CCN(C(=O)Cc3cccc(F)c3)CC1)c1cccn1-2. The lowest BCUT2D eigenvalue weighted by Gasteiger charge is -2.46. The molecule has 2 aliphatic heterocycles. The van der Waals surface area contributed by atoms with E-state index in [0.717, 1.165) is 30.0 Å². The van der Waals surface area contributed by atoms with E-state index in [9.17, 15) is 9.18 Å². The smallest absolute Gasteiger partial charge is 0.226 e. The summed E-state index contributed by atoms with van der Waals surface area (Å²) in [6.07, 6.45) is 3.93. The Morgan fingerprint density at radius 1 is 1.13 bits per heavy atom. The number of nitrogens with one attached hydrogen (secondary N) is 1. The molecule has 1 saturated heterocycles. The third kappa shape index (κ3) is 3.12. The summed E-state index contributed by atoms with van der Waals surface area (Å²) in [5, 5.41) is 3.76. The van der Waals surface area contributed by atoms with E-state index in [-0.39, 0.29) is 23.7 Å². The molecule has 1 N–H and O–H groups in total. The number of rotatable bonds is 3. The van der Waals surface area contributed by atoms with E-state index in [1.54, 1.807) is 19.2 Å². The van der Waals surface area contributed by atoms with Crippen LogP contribution in [-0.4, -0.2) is 35.6 Å². The van der Waals surface area contributed by atoms with Crippen molar-refractivity contribution in [3.63, 3.8) is 0 Å². The van der Waals surface area contributed by atoms with Gasteiger partial charge in [-0.2, -0.15) is 0 Å². The van der Waals surface area contributed by atoms with E-state index in [1.165, 1.54) is 17.8 Å². The molecule has 0 unspecified atom stereocenters. The van der Waals surface area contributed by atoms with Gasteiger partial charge in [-0.25, -0.2) is 4.39 Å². The molecule has 3 aromatic rings. The minimum atomic E-state index is -0.306. The molecule has 1 fully saturated rings. The molecule has 3 heterocycles. The average molecular weight is 405 g/mol. The second kappa shape index (κ2) is 7.20. The first kappa shape index (κ1) is 18.7. The summed E-state index contributed by atoms with van der Waals surface area (Å²) in [6, 6.07) is 16.6. The van der Waals surface area contributed by atoms with Crippen LogP contribution in [0.3, 0.4) is 0 Å². The van der Waals surface area contributed by atoms with E-state index >= 15 is 0 Å². The van der Waals surface area contributed by atoms with Gasteiger partial charge in [-0.15, -0.1) is 0 Å². The van der Waals surface area contributed by atoms with Crippen LogP contribution in [0.15, 0.2) is 60.8 Å². The van der Waals surface area contributed by atoms with Crippen LogP contribution in [0.5, 0.6) is 5.75 Å². The van der Waals surface area contributed by atoms with Crippen LogP contribution in [0.1, 0.15) is 24.1 Å². The zero-order valence-corrected chi connectivity index (χ0v) is 16.9. The minimum Gasteiger partial charge on any atom is -0.497 e. The van der Waals surface area contributed by atoms with Crippen LogP contribution < -0.4 is 10.1 Å². The maximum Gasteiger partial charge on any atom is 0.226 e. The number of benzene rings is 2. The Bertz CT molecular complexity index is 1100. The summed E-state index contributed by atoms with van der Waals surface area (Å²) >= 11 is 0. The fourth-order valence-corrected chi connectivity index (χ4v) is 4.71. The van der Waals surface area contributed by atoms with E-state index in [2.05, 4.69) is 34.3 Å². The van der Waals surface area contributed by atoms with E-state index < -0.39 is 0 Å². The van der Waals surface area contributed by atoms with Gasteiger partial charge in [0, 0.05) is 31.0 Å². The van der Waals surface area contributed by atoms with Crippen molar-refractivity contribution in [3.05, 3.63) is 77.9 Å². The number of halogens is 1. The highest BCUT2D eigenvalue weighted by Crippen LogP contribution is 2.44. The standard InChI is InChI=1S/C24H24FN3O2/c1-30-19-7-8-21-20(16-19)26-24(22-6-3-11-28(21)22)9-12-27(13-10-24)23(29)15-17-4-2-5-18(25)14-17/h2-8,11,14,16,26H,9-10,12-13,15H2,1H3. The topological polar surface area (TPSA) is 46.5 Å². The molecule has 30 heavy (non-hydrogen) atoms. The lowest BCUT2D eigenvalue weighted by atomic mass is 9.82. The average Bonchev–Trinajstić information content (AvgIpc) is 3.25. The molecule has 1 spiro atoms. The van der Waals surface area contributed by atoms with Crippen molar-refractivity contribution in [2.45, 2.75) is 24.8 Å². The van der Waals surface area contributed by atoms with Crippen LogP contribution in [0, 0.1) is 5.82 Å². The van der Waals surface area contributed by atoms with Crippen LogP contribution in [-0.2, 0) is 16.8 Å². The summed E-state index contributed by atoms with van der Waals surface area (Å²) in [7, 11) is 1.67. The maximum atomic E-state index is 13.4. The Kier molecular flexibility index (Phi) is 4.50. The molecule has 0 saturated carbocycles. The number of methoxy groups -OCH3 is 1. The predicted molar refractivity (Wildman–Crippen MR) is 114 cm³/mol. The highest BCUT2D eigenvalue weighted by molar-refractivity contribution is 5.79. The van der Waals surface area contributed by atoms with Crippen LogP contribution in [0.4, 0.5) is 10.1 Å². The van der Waals surface area contributed by atoms with Crippen molar-refractivity contribution < 1.29 is 13.9 Å². The third-order valence-corrected chi connectivity index (χ3v) is 6.29. The van der Waals surface area contributed by atoms with Crippen molar-refractivity contribution in [1.29, 1.82) is 0 Å². The second-order valence-corrected chi connectivity index (χ2v) is 8.04.